The van der Waals surface area contributed by atoms with Crippen molar-refractivity contribution in [3.8, 4) is 11.3 Å². The van der Waals surface area contributed by atoms with Crippen molar-refractivity contribution in [2.24, 2.45) is 0 Å². The molecule has 0 spiro atoms. The van der Waals surface area contributed by atoms with E-state index in [4.69, 9.17) is 16.0 Å². The fraction of sp³-hybridized carbons (Fsp3) is 0.185. The van der Waals surface area contributed by atoms with E-state index in [1.165, 1.54) is 11.6 Å². The van der Waals surface area contributed by atoms with E-state index in [2.05, 4.69) is 26.1 Å². The van der Waals surface area contributed by atoms with Crippen molar-refractivity contribution in [1.29, 1.82) is 0 Å². The van der Waals surface area contributed by atoms with E-state index in [1.807, 2.05) is 42.5 Å². The third kappa shape index (κ3) is 4.61. The zero-order valence-electron chi connectivity index (χ0n) is 18.2. The second kappa shape index (κ2) is 8.64. The van der Waals surface area contributed by atoms with Gasteiger partial charge in [-0.3, -0.25) is 9.59 Å². The Morgan fingerprint density at radius 3 is 2.28 bits per heavy atom. The zero-order chi connectivity index (χ0) is 22.9. The Labute approximate surface area is 191 Å². The zero-order valence-corrected chi connectivity index (χ0v) is 18.9. The van der Waals surface area contributed by atoms with Crippen LogP contribution in [0.15, 0.2) is 88.1 Å². The van der Waals surface area contributed by atoms with E-state index in [0.29, 0.717) is 28.0 Å². The van der Waals surface area contributed by atoms with Crippen molar-refractivity contribution in [3.05, 3.63) is 100 Å². The lowest BCUT2D eigenvalue weighted by Crippen LogP contribution is -2.17. The SMILES string of the molecule is CC(C)(C)c1ccc(-c2cc(=O)c3cc(NC(=O)C(Cl)c4ccccc4)ccc3o2)cc1. The van der Waals surface area contributed by atoms with Crippen LogP contribution >= 0.6 is 11.6 Å². The van der Waals surface area contributed by atoms with Crippen LogP contribution in [0, 0.1) is 0 Å². The Kier molecular flexibility index (Phi) is 5.90. The van der Waals surface area contributed by atoms with Gasteiger partial charge in [0.05, 0.1) is 5.39 Å². The summed E-state index contributed by atoms with van der Waals surface area (Å²) in [7, 11) is 0. The first-order valence-electron chi connectivity index (χ1n) is 10.4. The van der Waals surface area contributed by atoms with Crippen LogP contribution in [0.1, 0.15) is 37.3 Å². The van der Waals surface area contributed by atoms with Gasteiger partial charge < -0.3 is 9.73 Å². The number of nitrogens with one attached hydrogen (secondary N) is 1. The number of rotatable bonds is 4. The molecule has 0 aliphatic heterocycles. The Morgan fingerprint density at radius 1 is 0.938 bits per heavy atom. The summed E-state index contributed by atoms with van der Waals surface area (Å²) in [6.45, 7) is 6.46. The fourth-order valence-corrected chi connectivity index (χ4v) is 3.69. The van der Waals surface area contributed by atoms with Crippen molar-refractivity contribution in [1.82, 2.24) is 0 Å². The molecule has 1 atom stereocenters. The summed E-state index contributed by atoms with van der Waals surface area (Å²) in [5.41, 5.74) is 3.55. The fourth-order valence-electron chi connectivity index (χ4n) is 3.49. The standard InChI is InChI=1S/C27H24ClNO3/c1-27(2,3)19-11-9-17(10-12-19)24-16-22(30)21-15-20(13-14-23(21)32-24)29-26(31)25(28)18-7-5-4-6-8-18/h4-16,25H,1-3H3,(H,29,31). The van der Waals surface area contributed by atoms with E-state index in [-0.39, 0.29) is 16.8 Å². The number of amides is 1. The maximum Gasteiger partial charge on any atom is 0.246 e. The minimum Gasteiger partial charge on any atom is -0.456 e. The molecule has 1 N–H and O–H groups in total. The predicted molar refractivity (Wildman–Crippen MR) is 130 cm³/mol. The predicted octanol–water partition coefficient (Wildman–Crippen LogP) is 6.68. The first kappa shape index (κ1) is 21.8. The van der Waals surface area contributed by atoms with Gasteiger partial charge in [0.15, 0.2) is 5.43 Å². The van der Waals surface area contributed by atoms with E-state index < -0.39 is 5.38 Å². The quantitative estimate of drug-likeness (QED) is 0.356. The van der Waals surface area contributed by atoms with Gasteiger partial charge in [-0.1, -0.05) is 75.4 Å². The van der Waals surface area contributed by atoms with Crippen LogP contribution < -0.4 is 10.7 Å². The molecule has 162 valence electrons. The van der Waals surface area contributed by atoms with Crippen molar-refractivity contribution >= 4 is 34.2 Å². The molecule has 4 aromatic rings. The monoisotopic (exact) mass is 445 g/mol. The van der Waals surface area contributed by atoms with Crippen LogP contribution in [-0.4, -0.2) is 5.91 Å². The lowest BCUT2D eigenvalue weighted by Gasteiger charge is -2.19. The molecule has 1 unspecified atom stereocenters. The number of alkyl halides is 1. The number of benzene rings is 3. The van der Waals surface area contributed by atoms with Gasteiger partial charge in [0, 0.05) is 17.3 Å². The summed E-state index contributed by atoms with van der Waals surface area (Å²) < 4.78 is 5.99. The van der Waals surface area contributed by atoms with Crippen LogP contribution in [0.5, 0.6) is 0 Å². The van der Waals surface area contributed by atoms with Gasteiger partial charge in [-0.15, -0.1) is 11.6 Å². The number of anilines is 1. The van der Waals surface area contributed by atoms with Crippen molar-refractivity contribution in [2.75, 3.05) is 5.32 Å². The molecule has 4 rings (SSSR count). The molecule has 0 radical (unpaired) electrons. The average Bonchev–Trinajstić information content (AvgIpc) is 2.79. The topological polar surface area (TPSA) is 59.3 Å². The highest BCUT2D eigenvalue weighted by atomic mass is 35.5. The first-order chi connectivity index (χ1) is 15.2. The molecule has 4 nitrogen and oxygen atoms in total. The van der Waals surface area contributed by atoms with Gasteiger partial charge in [0.2, 0.25) is 5.91 Å². The molecule has 0 aliphatic carbocycles. The molecular formula is C27H24ClNO3. The van der Waals surface area contributed by atoms with Crippen LogP contribution in [0.4, 0.5) is 5.69 Å². The van der Waals surface area contributed by atoms with E-state index >= 15 is 0 Å². The second-order valence-corrected chi connectivity index (χ2v) is 9.21. The van der Waals surface area contributed by atoms with Gasteiger partial charge in [-0.2, -0.15) is 0 Å². The Balaban J connectivity index is 1.60. The number of carbonyl (C=O) groups excluding carboxylic acids is 1. The molecule has 0 saturated carbocycles. The van der Waals surface area contributed by atoms with Crippen molar-refractivity contribution in [2.45, 2.75) is 31.6 Å². The highest BCUT2D eigenvalue weighted by molar-refractivity contribution is 6.32. The molecule has 1 aromatic heterocycles. The maximum atomic E-state index is 12.8. The summed E-state index contributed by atoms with van der Waals surface area (Å²) in [5.74, 6) is 0.141. The van der Waals surface area contributed by atoms with Gasteiger partial charge in [0.1, 0.15) is 16.7 Å². The molecule has 0 bridgehead atoms. The number of hydrogen-bond donors (Lipinski definition) is 1. The molecule has 1 heterocycles. The van der Waals surface area contributed by atoms with E-state index in [9.17, 15) is 9.59 Å². The normalized spacial score (nSPS) is 12.5. The van der Waals surface area contributed by atoms with Crippen molar-refractivity contribution in [3.63, 3.8) is 0 Å². The van der Waals surface area contributed by atoms with Gasteiger partial charge in [0.25, 0.3) is 0 Å². The molecule has 0 saturated heterocycles. The summed E-state index contributed by atoms with van der Waals surface area (Å²) in [5, 5.41) is 2.34. The minimum absolute atomic E-state index is 0.0478. The number of hydrogen-bond acceptors (Lipinski definition) is 3. The molecule has 3 aromatic carbocycles. The highest BCUT2D eigenvalue weighted by Crippen LogP contribution is 2.28. The van der Waals surface area contributed by atoms with Gasteiger partial charge in [-0.25, -0.2) is 0 Å². The number of fused-ring (bicyclic) bond motifs is 1. The lowest BCUT2D eigenvalue weighted by molar-refractivity contribution is -0.116. The molecule has 32 heavy (non-hydrogen) atoms. The third-order valence-corrected chi connectivity index (χ3v) is 5.80. The molecule has 0 fully saturated rings. The van der Waals surface area contributed by atoms with Crippen LogP contribution in [0.25, 0.3) is 22.3 Å². The second-order valence-electron chi connectivity index (χ2n) is 8.78. The number of carbonyl (C=O) groups is 1. The van der Waals surface area contributed by atoms with Crippen LogP contribution in [0.3, 0.4) is 0 Å². The van der Waals surface area contributed by atoms with Crippen molar-refractivity contribution < 1.29 is 9.21 Å². The summed E-state index contributed by atoms with van der Waals surface area (Å²) in [6.07, 6.45) is 0. The molecule has 1 amide bonds. The smallest absolute Gasteiger partial charge is 0.246 e. The van der Waals surface area contributed by atoms with Crippen LogP contribution in [-0.2, 0) is 10.2 Å². The molecule has 5 heteroatoms. The Hall–Kier alpha value is -3.37. The third-order valence-electron chi connectivity index (χ3n) is 5.35. The number of halogens is 1. The summed E-state index contributed by atoms with van der Waals surface area (Å²) >= 11 is 6.29. The Morgan fingerprint density at radius 2 is 1.62 bits per heavy atom. The molecule has 0 aliphatic rings. The van der Waals surface area contributed by atoms with Gasteiger partial charge in [-0.05, 0) is 34.7 Å². The van der Waals surface area contributed by atoms with Crippen LogP contribution in [0.2, 0.25) is 0 Å². The average molecular weight is 446 g/mol. The van der Waals surface area contributed by atoms with E-state index in [1.54, 1.807) is 30.3 Å². The largest absolute Gasteiger partial charge is 0.456 e. The minimum atomic E-state index is -0.832. The summed E-state index contributed by atoms with van der Waals surface area (Å²) in [6, 6.07) is 23.6. The van der Waals surface area contributed by atoms with Gasteiger partial charge >= 0.3 is 0 Å². The lowest BCUT2D eigenvalue weighted by atomic mass is 9.86. The maximum absolute atomic E-state index is 12.8. The summed E-state index contributed by atoms with van der Waals surface area (Å²) in [4.78, 5) is 25.3. The van der Waals surface area contributed by atoms with E-state index in [0.717, 1.165) is 5.56 Å². The highest BCUT2D eigenvalue weighted by Gasteiger charge is 2.18. The molecular weight excluding hydrogens is 422 g/mol. The first-order valence-corrected chi connectivity index (χ1v) is 10.8. The Bertz CT molecular complexity index is 1320.